The molecular weight excluding hydrogens is 218 g/mol. The van der Waals surface area contributed by atoms with Gasteiger partial charge in [-0.2, -0.15) is 0 Å². The quantitative estimate of drug-likeness (QED) is 0.748. The molecule has 1 heterocycles. The minimum atomic E-state index is -0.425. The van der Waals surface area contributed by atoms with Gasteiger partial charge in [0.2, 0.25) is 0 Å². The smallest absolute Gasteiger partial charge is 0.410 e. The first-order valence-corrected chi connectivity index (χ1v) is 6.19. The maximum atomic E-state index is 11.9. The Labute approximate surface area is 104 Å². The van der Waals surface area contributed by atoms with E-state index in [0.29, 0.717) is 5.92 Å². The first kappa shape index (κ1) is 14.3. The molecule has 17 heavy (non-hydrogen) atoms. The molecule has 100 valence electrons. The molecule has 0 aromatic carbocycles. The zero-order valence-corrected chi connectivity index (χ0v) is 11.9. The Morgan fingerprint density at radius 3 is 2.29 bits per heavy atom. The molecule has 1 amide bonds. The van der Waals surface area contributed by atoms with Gasteiger partial charge in [-0.1, -0.05) is 0 Å². The van der Waals surface area contributed by atoms with E-state index in [1.54, 1.807) is 12.0 Å². The molecule has 0 aliphatic carbocycles. The summed E-state index contributed by atoms with van der Waals surface area (Å²) in [5.74, 6) is 0.375. The lowest BCUT2D eigenvalue weighted by Gasteiger charge is -2.30. The predicted octanol–water partition coefficient (Wildman–Crippen LogP) is 2.67. The second kappa shape index (κ2) is 4.84. The Balaban J connectivity index is 2.54. The number of ether oxygens (including phenoxy) is 2. The van der Waals surface area contributed by atoms with E-state index in [1.807, 2.05) is 20.8 Å². The molecule has 1 aliphatic rings. The Bertz CT molecular complexity index is 281. The molecule has 4 heteroatoms. The van der Waals surface area contributed by atoms with Crippen molar-refractivity contribution in [2.75, 3.05) is 20.2 Å². The average molecular weight is 243 g/mol. The standard InChI is InChI=1S/C13H25NO3/c1-12(2,3)17-11(15)14-8-7-10(9-14)13(4,5)16-6/h10H,7-9H2,1-6H3/t10-/m1/s1. The van der Waals surface area contributed by atoms with Crippen LogP contribution in [0.4, 0.5) is 4.79 Å². The topological polar surface area (TPSA) is 38.8 Å². The van der Waals surface area contributed by atoms with E-state index in [1.165, 1.54) is 0 Å². The second-order valence-electron chi connectivity index (χ2n) is 6.22. The van der Waals surface area contributed by atoms with Crippen LogP contribution in [0.1, 0.15) is 41.0 Å². The van der Waals surface area contributed by atoms with Crippen molar-refractivity contribution in [1.82, 2.24) is 4.90 Å². The van der Waals surface area contributed by atoms with Crippen LogP contribution in [0.2, 0.25) is 0 Å². The highest BCUT2D eigenvalue weighted by molar-refractivity contribution is 5.68. The fraction of sp³-hybridized carbons (Fsp3) is 0.923. The zero-order valence-electron chi connectivity index (χ0n) is 11.9. The minimum Gasteiger partial charge on any atom is -0.444 e. The van der Waals surface area contributed by atoms with Crippen molar-refractivity contribution in [3.8, 4) is 0 Å². The number of methoxy groups -OCH3 is 1. The average Bonchev–Trinajstić information content (AvgIpc) is 2.64. The predicted molar refractivity (Wildman–Crippen MR) is 67.0 cm³/mol. The maximum absolute atomic E-state index is 11.9. The van der Waals surface area contributed by atoms with Crippen LogP contribution in [0.25, 0.3) is 0 Å². The van der Waals surface area contributed by atoms with E-state index < -0.39 is 5.60 Å². The van der Waals surface area contributed by atoms with E-state index in [-0.39, 0.29) is 11.7 Å². The molecule has 0 saturated carbocycles. The minimum absolute atomic E-state index is 0.184. The van der Waals surface area contributed by atoms with Crippen LogP contribution in [0.5, 0.6) is 0 Å². The number of likely N-dealkylation sites (tertiary alicyclic amines) is 1. The summed E-state index contributed by atoms with van der Waals surface area (Å²) in [5, 5.41) is 0. The van der Waals surface area contributed by atoms with E-state index in [9.17, 15) is 4.79 Å². The van der Waals surface area contributed by atoms with Crippen molar-refractivity contribution in [2.45, 2.75) is 52.2 Å². The lowest BCUT2D eigenvalue weighted by Crippen LogP contribution is -2.39. The molecule has 1 atom stereocenters. The van der Waals surface area contributed by atoms with Gasteiger partial charge in [0.05, 0.1) is 5.60 Å². The first-order valence-electron chi connectivity index (χ1n) is 6.19. The highest BCUT2D eigenvalue weighted by atomic mass is 16.6. The van der Waals surface area contributed by atoms with Gasteiger partial charge in [0.1, 0.15) is 5.60 Å². The summed E-state index contributed by atoms with van der Waals surface area (Å²) in [6, 6.07) is 0. The van der Waals surface area contributed by atoms with Crippen molar-refractivity contribution >= 4 is 6.09 Å². The summed E-state index contributed by atoms with van der Waals surface area (Å²) >= 11 is 0. The van der Waals surface area contributed by atoms with Gasteiger partial charge in [-0.3, -0.25) is 0 Å². The summed E-state index contributed by atoms with van der Waals surface area (Å²) in [7, 11) is 1.72. The summed E-state index contributed by atoms with van der Waals surface area (Å²) in [6.07, 6.45) is 0.756. The van der Waals surface area contributed by atoms with Crippen molar-refractivity contribution in [3.63, 3.8) is 0 Å². The summed E-state index contributed by atoms with van der Waals surface area (Å²) in [5.41, 5.74) is -0.608. The number of nitrogens with zero attached hydrogens (tertiary/aromatic N) is 1. The summed E-state index contributed by atoms with van der Waals surface area (Å²) in [6.45, 7) is 11.3. The number of hydrogen-bond acceptors (Lipinski definition) is 3. The molecule has 4 nitrogen and oxygen atoms in total. The Morgan fingerprint density at radius 1 is 1.24 bits per heavy atom. The van der Waals surface area contributed by atoms with Gasteiger partial charge in [0.25, 0.3) is 0 Å². The van der Waals surface area contributed by atoms with Crippen LogP contribution in [0.15, 0.2) is 0 Å². The SMILES string of the molecule is COC(C)(C)[C@@H]1CCN(C(=O)OC(C)(C)C)C1. The van der Waals surface area contributed by atoms with Gasteiger partial charge in [-0.25, -0.2) is 4.79 Å². The number of rotatable bonds is 2. The lowest BCUT2D eigenvalue weighted by molar-refractivity contribution is -0.0257. The van der Waals surface area contributed by atoms with Crippen LogP contribution in [-0.4, -0.2) is 42.4 Å². The second-order valence-corrected chi connectivity index (χ2v) is 6.22. The van der Waals surface area contributed by atoms with Crippen molar-refractivity contribution in [2.24, 2.45) is 5.92 Å². The molecule has 0 radical (unpaired) electrons. The lowest BCUT2D eigenvalue weighted by atomic mass is 9.90. The van der Waals surface area contributed by atoms with Gasteiger partial charge in [0.15, 0.2) is 0 Å². The molecule has 0 bridgehead atoms. The van der Waals surface area contributed by atoms with E-state index in [0.717, 1.165) is 19.5 Å². The molecule has 1 aliphatic heterocycles. The third-order valence-electron chi connectivity index (χ3n) is 3.35. The normalized spacial score (nSPS) is 21.8. The third-order valence-corrected chi connectivity index (χ3v) is 3.35. The first-order chi connectivity index (χ1) is 7.65. The molecule has 0 unspecified atom stereocenters. The molecule has 1 saturated heterocycles. The van der Waals surface area contributed by atoms with E-state index in [4.69, 9.17) is 9.47 Å². The fourth-order valence-electron chi connectivity index (χ4n) is 1.99. The number of carbonyl (C=O) groups excluding carboxylic acids is 1. The molecule has 0 N–H and O–H groups in total. The van der Waals surface area contributed by atoms with Crippen LogP contribution >= 0.6 is 0 Å². The Morgan fingerprint density at radius 2 is 1.82 bits per heavy atom. The summed E-state index contributed by atoms with van der Waals surface area (Å²) < 4.78 is 10.8. The maximum Gasteiger partial charge on any atom is 0.410 e. The van der Waals surface area contributed by atoms with Gasteiger partial charge >= 0.3 is 6.09 Å². The Kier molecular flexibility index (Phi) is 4.07. The van der Waals surface area contributed by atoms with Gasteiger partial charge in [0, 0.05) is 26.1 Å². The van der Waals surface area contributed by atoms with Crippen LogP contribution < -0.4 is 0 Å². The van der Waals surface area contributed by atoms with Crippen LogP contribution in [0.3, 0.4) is 0 Å². The molecule has 0 aromatic rings. The van der Waals surface area contributed by atoms with E-state index >= 15 is 0 Å². The number of hydrogen-bond donors (Lipinski definition) is 0. The Hall–Kier alpha value is -0.770. The fourth-order valence-corrected chi connectivity index (χ4v) is 1.99. The van der Waals surface area contributed by atoms with Gasteiger partial charge in [-0.05, 0) is 41.0 Å². The monoisotopic (exact) mass is 243 g/mol. The molecule has 0 spiro atoms. The van der Waals surface area contributed by atoms with Gasteiger partial charge in [-0.15, -0.1) is 0 Å². The molecular formula is C13H25NO3. The van der Waals surface area contributed by atoms with Gasteiger partial charge < -0.3 is 14.4 Å². The van der Waals surface area contributed by atoms with Crippen molar-refractivity contribution in [3.05, 3.63) is 0 Å². The molecule has 0 aromatic heterocycles. The highest BCUT2D eigenvalue weighted by Gasteiger charge is 2.38. The van der Waals surface area contributed by atoms with Crippen molar-refractivity contribution < 1.29 is 14.3 Å². The number of amides is 1. The van der Waals surface area contributed by atoms with Crippen molar-refractivity contribution in [1.29, 1.82) is 0 Å². The molecule has 1 rings (SSSR count). The van der Waals surface area contributed by atoms with Crippen LogP contribution in [-0.2, 0) is 9.47 Å². The highest BCUT2D eigenvalue weighted by Crippen LogP contribution is 2.30. The molecule has 1 fully saturated rings. The third kappa shape index (κ3) is 3.87. The van der Waals surface area contributed by atoms with E-state index in [2.05, 4.69) is 13.8 Å². The number of carbonyl (C=O) groups is 1. The largest absolute Gasteiger partial charge is 0.444 e. The summed E-state index contributed by atoms with van der Waals surface area (Å²) in [4.78, 5) is 13.7. The van der Waals surface area contributed by atoms with Crippen LogP contribution in [0, 0.1) is 5.92 Å². The zero-order chi connectivity index (χ0) is 13.3.